The Morgan fingerprint density at radius 1 is 1.11 bits per heavy atom. The van der Waals surface area contributed by atoms with E-state index in [2.05, 4.69) is 36.4 Å². The predicted octanol–water partition coefficient (Wildman–Crippen LogP) is 4.62. The third-order valence-electron chi connectivity index (χ3n) is 4.94. The molecule has 1 fully saturated rings. The van der Waals surface area contributed by atoms with Crippen LogP contribution in [0.4, 0.5) is 4.79 Å². The standard InChI is InChI=1S/C23H30N2O2/c1-23(2,3)27-22(26)25-14-8-13-20(24)21(25)16-17-9-7-12-19(15-17)18-10-5-4-6-11-18/h4-7,9-12,15,20-21H,8,13-14,16,24H2,1-3H3/t20-,21-/m0/s1. The molecule has 2 aromatic carbocycles. The van der Waals surface area contributed by atoms with Crippen LogP contribution in [-0.2, 0) is 11.2 Å². The van der Waals surface area contributed by atoms with E-state index in [4.69, 9.17) is 10.5 Å². The second-order valence-electron chi connectivity index (χ2n) is 8.32. The molecule has 0 spiro atoms. The average Bonchev–Trinajstić information content (AvgIpc) is 2.63. The number of hydrogen-bond donors (Lipinski definition) is 1. The van der Waals surface area contributed by atoms with E-state index in [9.17, 15) is 4.79 Å². The van der Waals surface area contributed by atoms with E-state index in [0.29, 0.717) is 6.54 Å². The molecular formula is C23H30N2O2. The van der Waals surface area contributed by atoms with Gasteiger partial charge in [0.1, 0.15) is 5.60 Å². The summed E-state index contributed by atoms with van der Waals surface area (Å²) in [5, 5.41) is 0. The monoisotopic (exact) mass is 366 g/mol. The van der Waals surface area contributed by atoms with Crippen LogP contribution in [0.5, 0.6) is 0 Å². The molecule has 2 N–H and O–H groups in total. The summed E-state index contributed by atoms with van der Waals surface area (Å²) in [5.74, 6) is 0. The highest BCUT2D eigenvalue weighted by atomic mass is 16.6. The van der Waals surface area contributed by atoms with Crippen molar-refractivity contribution in [2.24, 2.45) is 5.73 Å². The zero-order valence-corrected chi connectivity index (χ0v) is 16.5. The maximum Gasteiger partial charge on any atom is 0.410 e. The Kier molecular flexibility index (Phi) is 5.85. The minimum atomic E-state index is -0.504. The summed E-state index contributed by atoms with van der Waals surface area (Å²) in [6.45, 7) is 6.39. The number of rotatable bonds is 3. The summed E-state index contributed by atoms with van der Waals surface area (Å²) in [4.78, 5) is 14.5. The number of amides is 1. The lowest BCUT2D eigenvalue weighted by Gasteiger charge is -2.40. The largest absolute Gasteiger partial charge is 0.444 e. The van der Waals surface area contributed by atoms with E-state index < -0.39 is 5.60 Å². The Balaban J connectivity index is 1.80. The van der Waals surface area contributed by atoms with E-state index >= 15 is 0 Å². The molecule has 0 bridgehead atoms. The van der Waals surface area contributed by atoms with Crippen molar-refractivity contribution in [1.82, 2.24) is 4.90 Å². The topological polar surface area (TPSA) is 55.6 Å². The van der Waals surface area contributed by atoms with Gasteiger partial charge in [0.2, 0.25) is 0 Å². The number of nitrogens with zero attached hydrogens (tertiary/aromatic N) is 1. The van der Waals surface area contributed by atoms with E-state index in [0.717, 1.165) is 19.3 Å². The van der Waals surface area contributed by atoms with E-state index in [1.807, 2.05) is 43.9 Å². The predicted molar refractivity (Wildman–Crippen MR) is 110 cm³/mol. The molecule has 1 heterocycles. The van der Waals surface area contributed by atoms with Crippen LogP contribution in [0.15, 0.2) is 54.6 Å². The first kappa shape index (κ1) is 19.4. The van der Waals surface area contributed by atoms with Crippen molar-refractivity contribution in [2.45, 2.75) is 57.7 Å². The number of ether oxygens (including phenoxy) is 1. The Bertz CT molecular complexity index is 767. The van der Waals surface area contributed by atoms with Crippen molar-refractivity contribution >= 4 is 6.09 Å². The quantitative estimate of drug-likeness (QED) is 0.862. The third-order valence-corrected chi connectivity index (χ3v) is 4.94. The van der Waals surface area contributed by atoms with Gasteiger partial charge in [-0.2, -0.15) is 0 Å². The SMILES string of the molecule is CC(C)(C)OC(=O)N1CCC[C@H](N)[C@@H]1Cc1cccc(-c2ccccc2)c1. The molecular weight excluding hydrogens is 336 g/mol. The van der Waals surface area contributed by atoms with Gasteiger partial charge in [0, 0.05) is 12.6 Å². The second kappa shape index (κ2) is 8.13. The van der Waals surface area contributed by atoms with Gasteiger partial charge in [0.05, 0.1) is 6.04 Å². The summed E-state index contributed by atoms with van der Waals surface area (Å²) in [7, 11) is 0. The number of carbonyl (C=O) groups excluding carboxylic acids is 1. The van der Waals surface area contributed by atoms with Crippen LogP contribution in [0.25, 0.3) is 11.1 Å². The first-order valence-corrected chi connectivity index (χ1v) is 9.73. The molecule has 3 rings (SSSR count). The summed E-state index contributed by atoms with van der Waals surface area (Å²) in [5.41, 5.74) is 9.47. The number of nitrogens with two attached hydrogens (primary N) is 1. The van der Waals surface area contributed by atoms with Crippen LogP contribution < -0.4 is 5.73 Å². The Labute approximate surface area is 162 Å². The molecule has 1 aliphatic heterocycles. The van der Waals surface area contributed by atoms with Crippen molar-refractivity contribution in [3.8, 4) is 11.1 Å². The maximum atomic E-state index is 12.7. The molecule has 0 saturated carbocycles. The maximum absolute atomic E-state index is 12.7. The van der Waals surface area contributed by atoms with Crippen molar-refractivity contribution in [3.63, 3.8) is 0 Å². The first-order valence-electron chi connectivity index (χ1n) is 9.73. The molecule has 4 nitrogen and oxygen atoms in total. The molecule has 1 aliphatic rings. The van der Waals surface area contributed by atoms with Gasteiger partial charge in [-0.3, -0.25) is 0 Å². The molecule has 144 valence electrons. The van der Waals surface area contributed by atoms with Crippen molar-refractivity contribution in [3.05, 3.63) is 60.2 Å². The van der Waals surface area contributed by atoms with Gasteiger partial charge in [-0.1, -0.05) is 54.6 Å². The molecule has 2 atom stereocenters. The zero-order chi connectivity index (χ0) is 19.4. The lowest BCUT2D eigenvalue weighted by Crippen LogP contribution is -2.56. The fourth-order valence-electron chi connectivity index (χ4n) is 3.65. The molecule has 0 radical (unpaired) electrons. The third kappa shape index (κ3) is 5.10. The molecule has 0 aromatic heterocycles. The van der Waals surface area contributed by atoms with E-state index in [1.165, 1.54) is 16.7 Å². The van der Waals surface area contributed by atoms with Gasteiger partial charge < -0.3 is 15.4 Å². The molecule has 1 saturated heterocycles. The summed E-state index contributed by atoms with van der Waals surface area (Å²) in [6, 6.07) is 18.8. The second-order valence-corrected chi connectivity index (χ2v) is 8.32. The van der Waals surface area contributed by atoms with Gasteiger partial charge in [-0.25, -0.2) is 4.79 Å². The molecule has 2 aromatic rings. The smallest absolute Gasteiger partial charge is 0.410 e. The van der Waals surface area contributed by atoms with Gasteiger partial charge in [-0.15, -0.1) is 0 Å². The van der Waals surface area contributed by atoms with Crippen LogP contribution >= 0.6 is 0 Å². The van der Waals surface area contributed by atoms with Crippen LogP contribution in [-0.4, -0.2) is 35.2 Å². The molecule has 27 heavy (non-hydrogen) atoms. The van der Waals surface area contributed by atoms with Crippen LogP contribution in [0.3, 0.4) is 0 Å². The highest BCUT2D eigenvalue weighted by Gasteiger charge is 2.34. The van der Waals surface area contributed by atoms with E-state index in [1.54, 1.807) is 0 Å². The fourth-order valence-corrected chi connectivity index (χ4v) is 3.65. The minimum Gasteiger partial charge on any atom is -0.444 e. The molecule has 1 amide bonds. The highest BCUT2D eigenvalue weighted by Crippen LogP contribution is 2.25. The molecule has 0 aliphatic carbocycles. The number of hydrogen-bond acceptors (Lipinski definition) is 3. The Morgan fingerprint density at radius 3 is 2.52 bits per heavy atom. The Hall–Kier alpha value is -2.33. The van der Waals surface area contributed by atoms with Crippen molar-refractivity contribution < 1.29 is 9.53 Å². The van der Waals surface area contributed by atoms with Crippen molar-refractivity contribution in [2.75, 3.05) is 6.54 Å². The Morgan fingerprint density at radius 2 is 1.81 bits per heavy atom. The average molecular weight is 367 g/mol. The van der Waals surface area contributed by atoms with Crippen LogP contribution in [0.2, 0.25) is 0 Å². The van der Waals surface area contributed by atoms with E-state index in [-0.39, 0.29) is 18.2 Å². The summed E-state index contributed by atoms with van der Waals surface area (Å²) < 4.78 is 5.62. The normalized spacial score (nSPS) is 20.4. The van der Waals surface area contributed by atoms with Crippen LogP contribution in [0, 0.1) is 0 Å². The number of likely N-dealkylation sites (tertiary alicyclic amines) is 1. The minimum absolute atomic E-state index is 0.0355. The van der Waals surface area contributed by atoms with Crippen LogP contribution in [0.1, 0.15) is 39.2 Å². The fraction of sp³-hybridized carbons (Fsp3) is 0.435. The highest BCUT2D eigenvalue weighted by molar-refractivity contribution is 5.69. The lowest BCUT2D eigenvalue weighted by molar-refractivity contribution is 0.00695. The van der Waals surface area contributed by atoms with Crippen molar-refractivity contribution in [1.29, 1.82) is 0 Å². The summed E-state index contributed by atoms with van der Waals surface area (Å²) >= 11 is 0. The number of piperidine rings is 1. The summed E-state index contributed by atoms with van der Waals surface area (Å²) in [6.07, 6.45) is 2.33. The number of benzene rings is 2. The van der Waals surface area contributed by atoms with Gasteiger partial charge >= 0.3 is 6.09 Å². The molecule has 4 heteroatoms. The van der Waals surface area contributed by atoms with Gasteiger partial charge in [0.25, 0.3) is 0 Å². The lowest BCUT2D eigenvalue weighted by atomic mass is 9.90. The molecule has 0 unspecified atom stereocenters. The number of carbonyl (C=O) groups is 1. The first-order chi connectivity index (χ1) is 12.8. The van der Waals surface area contributed by atoms with Gasteiger partial charge in [-0.05, 0) is 56.7 Å². The zero-order valence-electron chi connectivity index (χ0n) is 16.5. The van der Waals surface area contributed by atoms with Gasteiger partial charge in [0.15, 0.2) is 0 Å².